The van der Waals surface area contributed by atoms with Crippen molar-refractivity contribution in [1.29, 1.82) is 0 Å². The SMILES string of the molecule is CNCCC1CCN(CCCCSC)CC1. The Kier molecular flexibility index (Phi) is 8.34. The number of hydrogen-bond acceptors (Lipinski definition) is 3. The van der Waals surface area contributed by atoms with Crippen LogP contribution in [0.15, 0.2) is 0 Å². The molecule has 0 aliphatic carbocycles. The second-order valence-electron chi connectivity index (χ2n) is 4.88. The number of rotatable bonds is 8. The minimum absolute atomic E-state index is 0.981. The molecule has 1 N–H and O–H groups in total. The first kappa shape index (κ1) is 14.3. The van der Waals surface area contributed by atoms with Gasteiger partial charge in [0.15, 0.2) is 0 Å². The molecule has 0 unspecified atom stereocenters. The van der Waals surface area contributed by atoms with E-state index in [1.165, 1.54) is 64.0 Å². The lowest BCUT2D eigenvalue weighted by Gasteiger charge is -2.31. The Hall–Kier alpha value is 0.270. The number of thioether (sulfide) groups is 1. The molecule has 0 bridgehead atoms. The average molecular weight is 244 g/mol. The average Bonchev–Trinajstić information content (AvgIpc) is 2.33. The molecule has 0 saturated carbocycles. The Balaban J connectivity index is 1.98. The lowest BCUT2D eigenvalue weighted by molar-refractivity contribution is 0.177. The molecular formula is C13H28N2S. The van der Waals surface area contributed by atoms with Crippen LogP contribution in [0.5, 0.6) is 0 Å². The lowest BCUT2D eigenvalue weighted by atomic mass is 9.93. The molecular weight excluding hydrogens is 216 g/mol. The van der Waals surface area contributed by atoms with Crippen LogP contribution in [0.3, 0.4) is 0 Å². The fourth-order valence-corrected chi connectivity index (χ4v) is 2.92. The summed E-state index contributed by atoms with van der Waals surface area (Å²) >= 11 is 1.97. The van der Waals surface area contributed by atoms with E-state index in [-0.39, 0.29) is 0 Å². The van der Waals surface area contributed by atoms with E-state index >= 15 is 0 Å². The molecule has 0 aromatic heterocycles. The second kappa shape index (κ2) is 9.32. The molecule has 1 aliphatic rings. The third kappa shape index (κ3) is 6.12. The van der Waals surface area contributed by atoms with Gasteiger partial charge in [-0.1, -0.05) is 0 Å². The third-order valence-corrected chi connectivity index (χ3v) is 4.28. The quantitative estimate of drug-likeness (QED) is 0.660. The van der Waals surface area contributed by atoms with Gasteiger partial charge < -0.3 is 10.2 Å². The highest BCUT2D eigenvalue weighted by Crippen LogP contribution is 2.20. The fraction of sp³-hybridized carbons (Fsp3) is 1.00. The zero-order valence-electron chi connectivity index (χ0n) is 11.0. The summed E-state index contributed by atoms with van der Waals surface area (Å²) in [7, 11) is 2.06. The Morgan fingerprint density at radius 2 is 2.00 bits per heavy atom. The van der Waals surface area contributed by atoms with Crippen molar-refractivity contribution in [3.63, 3.8) is 0 Å². The number of nitrogens with zero attached hydrogens (tertiary/aromatic N) is 1. The molecule has 0 aromatic rings. The smallest absolute Gasteiger partial charge is 0.00161 e. The summed E-state index contributed by atoms with van der Waals surface area (Å²) in [6, 6.07) is 0. The first-order valence-corrected chi connectivity index (χ1v) is 8.12. The summed E-state index contributed by atoms with van der Waals surface area (Å²) in [5, 5.41) is 3.26. The summed E-state index contributed by atoms with van der Waals surface area (Å²) in [5.41, 5.74) is 0. The zero-order valence-corrected chi connectivity index (χ0v) is 11.8. The van der Waals surface area contributed by atoms with E-state index in [0.29, 0.717) is 0 Å². The first-order chi connectivity index (χ1) is 7.86. The standard InChI is InChI=1S/C13H28N2S/c1-14-8-5-13-6-10-15(11-7-13)9-3-4-12-16-2/h13-14H,3-12H2,1-2H3. The highest BCUT2D eigenvalue weighted by molar-refractivity contribution is 7.98. The van der Waals surface area contributed by atoms with Gasteiger partial charge in [0.1, 0.15) is 0 Å². The van der Waals surface area contributed by atoms with Crippen LogP contribution < -0.4 is 5.32 Å². The predicted octanol–water partition coefficient (Wildman–Crippen LogP) is 2.45. The molecule has 1 heterocycles. The van der Waals surface area contributed by atoms with E-state index in [2.05, 4.69) is 23.5 Å². The highest BCUT2D eigenvalue weighted by Gasteiger charge is 2.17. The number of likely N-dealkylation sites (tertiary alicyclic amines) is 1. The van der Waals surface area contributed by atoms with Gasteiger partial charge >= 0.3 is 0 Å². The van der Waals surface area contributed by atoms with Gasteiger partial charge in [0.2, 0.25) is 0 Å². The second-order valence-corrected chi connectivity index (χ2v) is 5.86. The molecule has 1 fully saturated rings. The van der Waals surface area contributed by atoms with Gasteiger partial charge in [-0.3, -0.25) is 0 Å². The predicted molar refractivity (Wildman–Crippen MR) is 75.3 cm³/mol. The summed E-state index contributed by atoms with van der Waals surface area (Å²) in [4.78, 5) is 2.66. The molecule has 0 amide bonds. The van der Waals surface area contributed by atoms with Crippen LogP contribution in [0.1, 0.15) is 32.1 Å². The lowest BCUT2D eigenvalue weighted by Crippen LogP contribution is -2.35. The van der Waals surface area contributed by atoms with Crippen molar-refractivity contribution in [3.8, 4) is 0 Å². The van der Waals surface area contributed by atoms with Gasteiger partial charge in [-0.15, -0.1) is 0 Å². The maximum atomic E-state index is 3.26. The minimum Gasteiger partial charge on any atom is -0.320 e. The minimum atomic E-state index is 0.981. The first-order valence-electron chi connectivity index (χ1n) is 6.72. The molecule has 2 nitrogen and oxygen atoms in total. The van der Waals surface area contributed by atoms with Crippen LogP contribution in [0.25, 0.3) is 0 Å². The van der Waals surface area contributed by atoms with Crippen molar-refractivity contribution < 1.29 is 0 Å². The molecule has 0 radical (unpaired) electrons. The number of unbranched alkanes of at least 4 members (excludes halogenated alkanes) is 1. The molecule has 1 aliphatic heterocycles. The Morgan fingerprint density at radius 3 is 2.62 bits per heavy atom. The molecule has 0 spiro atoms. The van der Waals surface area contributed by atoms with Crippen molar-refractivity contribution >= 4 is 11.8 Å². The molecule has 16 heavy (non-hydrogen) atoms. The number of piperidine rings is 1. The molecule has 0 aromatic carbocycles. The summed E-state index contributed by atoms with van der Waals surface area (Å²) < 4.78 is 0. The van der Waals surface area contributed by atoms with Crippen molar-refractivity contribution in [3.05, 3.63) is 0 Å². The molecule has 1 saturated heterocycles. The molecule has 96 valence electrons. The molecule has 3 heteroatoms. The van der Waals surface area contributed by atoms with Crippen LogP contribution >= 0.6 is 11.8 Å². The van der Waals surface area contributed by atoms with E-state index in [4.69, 9.17) is 0 Å². The Morgan fingerprint density at radius 1 is 1.25 bits per heavy atom. The van der Waals surface area contributed by atoms with Crippen molar-refractivity contribution in [2.24, 2.45) is 5.92 Å². The van der Waals surface area contributed by atoms with Gasteiger partial charge in [-0.25, -0.2) is 0 Å². The summed E-state index contributed by atoms with van der Waals surface area (Å²) in [6.45, 7) is 5.21. The zero-order chi connectivity index (χ0) is 11.6. The molecule has 1 rings (SSSR count). The maximum Gasteiger partial charge on any atom is -0.00161 e. The van der Waals surface area contributed by atoms with Crippen molar-refractivity contribution in [1.82, 2.24) is 10.2 Å². The maximum absolute atomic E-state index is 3.26. The Labute approximate surface area is 106 Å². The van der Waals surface area contributed by atoms with Gasteiger partial charge in [0.25, 0.3) is 0 Å². The normalized spacial score (nSPS) is 19.1. The van der Waals surface area contributed by atoms with Gasteiger partial charge in [-0.2, -0.15) is 11.8 Å². The topological polar surface area (TPSA) is 15.3 Å². The van der Waals surface area contributed by atoms with Gasteiger partial charge in [0.05, 0.1) is 0 Å². The van der Waals surface area contributed by atoms with E-state index in [0.717, 1.165) is 5.92 Å². The Bertz CT molecular complexity index is 156. The van der Waals surface area contributed by atoms with E-state index in [1.807, 2.05) is 11.8 Å². The van der Waals surface area contributed by atoms with Crippen molar-refractivity contribution in [2.75, 3.05) is 45.2 Å². The van der Waals surface area contributed by atoms with E-state index in [9.17, 15) is 0 Å². The van der Waals surface area contributed by atoms with E-state index in [1.54, 1.807) is 0 Å². The van der Waals surface area contributed by atoms with Crippen LogP contribution in [0.2, 0.25) is 0 Å². The van der Waals surface area contributed by atoms with Crippen LogP contribution in [-0.2, 0) is 0 Å². The van der Waals surface area contributed by atoms with E-state index < -0.39 is 0 Å². The van der Waals surface area contributed by atoms with Gasteiger partial charge in [-0.05, 0) is 83.3 Å². The summed E-state index contributed by atoms with van der Waals surface area (Å²) in [5.74, 6) is 2.31. The van der Waals surface area contributed by atoms with Crippen LogP contribution in [0, 0.1) is 5.92 Å². The molecule has 0 atom stereocenters. The monoisotopic (exact) mass is 244 g/mol. The largest absolute Gasteiger partial charge is 0.320 e. The number of nitrogens with one attached hydrogen (secondary N) is 1. The summed E-state index contributed by atoms with van der Waals surface area (Å²) in [6.07, 6.45) is 9.20. The van der Waals surface area contributed by atoms with Crippen LogP contribution in [-0.4, -0.2) is 50.1 Å². The van der Waals surface area contributed by atoms with Crippen LogP contribution in [0.4, 0.5) is 0 Å². The van der Waals surface area contributed by atoms with Crippen molar-refractivity contribution in [2.45, 2.75) is 32.1 Å². The van der Waals surface area contributed by atoms with Gasteiger partial charge in [0, 0.05) is 0 Å². The third-order valence-electron chi connectivity index (χ3n) is 3.58. The number of hydrogen-bond donors (Lipinski definition) is 1. The fourth-order valence-electron chi connectivity index (χ4n) is 2.43. The highest BCUT2D eigenvalue weighted by atomic mass is 32.2.